The summed E-state index contributed by atoms with van der Waals surface area (Å²) >= 11 is 0. The number of ether oxygens (including phenoxy) is 1. The summed E-state index contributed by atoms with van der Waals surface area (Å²) in [6, 6.07) is 11.3. The van der Waals surface area contributed by atoms with Gasteiger partial charge in [0.05, 0.1) is 7.11 Å². The number of ketones is 1. The van der Waals surface area contributed by atoms with Gasteiger partial charge >= 0.3 is 0 Å². The number of hydrogen-bond donors (Lipinski definition) is 1. The molecular weight excluding hydrogens is 306 g/mol. The molecule has 0 bridgehead atoms. The first-order valence-electron chi connectivity index (χ1n) is 7.37. The maximum Gasteiger partial charge on any atom is 0.261 e. The number of piperidine rings is 1. The van der Waals surface area contributed by atoms with E-state index >= 15 is 0 Å². The van der Waals surface area contributed by atoms with Crippen molar-refractivity contribution in [3.8, 4) is 5.75 Å². The van der Waals surface area contributed by atoms with Crippen molar-refractivity contribution in [3.05, 3.63) is 71.4 Å². The van der Waals surface area contributed by atoms with Crippen LogP contribution in [0.2, 0.25) is 0 Å². The lowest BCUT2D eigenvalue weighted by Crippen LogP contribution is -2.56. The molecule has 2 aromatic rings. The van der Waals surface area contributed by atoms with E-state index in [1.54, 1.807) is 66.3 Å². The van der Waals surface area contributed by atoms with Crippen molar-refractivity contribution in [3.63, 3.8) is 0 Å². The minimum atomic E-state index is -0.716. The van der Waals surface area contributed by atoms with Crippen molar-refractivity contribution < 1.29 is 18.9 Å². The number of pyridine rings is 1. The lowest BCUT2D eigenvalue weighted by molar-refractivity contribution is -0.712. The van der Waals surface area contributed by atoms with Crippen molar-refractivity contribution in [2.24, 2.45) is 0 Å². The van der Waals surface area contributed by atoms with E-state index in [9.17, 15) is 9.59 Å². The molecule has 1 aliphatic heterocycles. The summed E-state index contributed by atoms with van der Waals surface area (Å²) in [5.74, 6) is 1.27. The predicted octanol–water partition coefficient (Wildman–Crippen LogP) is 1.13. The fourth-order valence-corrected chi connectivity index (χ4v) is 2.79. The number of nitrogens with one attached hydrogen (secondary N) is 1. The average molecular weight is 321 g/mol. The molecule has 0 unspecified atom stereocenters. The summed E-state index contributed by atoms with van der Waals surface area (Å²) in [6.45, 7) is 0. The van der Waals surface area contributed by atoms with Crippen LogP contribution in [-0.4, -0.2) is 24.7 Å². The number of rotatable bonds is 3. The Morgan fingerprint density at radius 2 is 1.79 bits per heavy atom. The van der Waals surface area contributed by atoms with Crippen LogP contribution in [0.25, 0.3) is 5.41 Å². The first-order valence-corrected chi connectivity index (χ1v) is 7.37. The molecule has 1 N–H and O–H groups in total. The largest absolute Gasteiger partial charge is 0.763 e. The van der Waals surface area contributed by atoms with Crippen LogP contribution in [0.3, 0.4) is 0 Å². The zero-order valence-electron chi connectivity index (χ0n) is 13.0. The number of Topliss-reactive ketones (excluding diaryl/α,β-unsaturated/α-hetero) is 1. The standard InChI is InChI=1S/C18H15N3O3/c1-24-13-7-5-12(6-8-13)15-16(21-9-3-2-4-10-21)17(22)14(11-19)18(23)20-15/h2-10,15-16H,1H3,(H,20,23)/t15-,16-/m1/s1. The Hall–Kier alpha value is -3.24. The monoisotopic (exact) mass is 321 g/mol. The quantitative estimate of drug-likeness (QED) is 0.398. The number of amides is 1. The van der Waals surface area contributed by atoms with Crippen LogP contribution >= 0.6 is 0 Å². The third-order valence-corrected chi connectivity index (χ3v) is 3.99. The average Bonchev–Trinajstić information content (AvgIpc) is 2.62. The van der Waals surface area contributed by atoms with Gasteiger partial charge in [0, 0.05) is 12.1 Å². The summed E-state index contributed by atoms with van der Waals surface area (Å²) in [7, 11) is 1.57. The molecular formula is C18H15N3O3. The van der Waals surface area contributed by atoms with Crippen LogP contribution in [0.1, 0.15) is 17.6 Å². The van der Waals surface area contributed by atoms with E-state index in [1.807, 2.05) is 6.07 Å². The zero-order chi connectivity index (χ0) is 17.1. The number of aromatic nitrogens is 1. The van der Waals surface area contributed by atoms with Gasteiger partial charge in [0.2, 0.25) is 11.8 Å². The van der Waals surface area contributed by atoms with E-state index < -0.39 is 23.8 Å². The number of hydrogen-bond acceptors (Lipinski definition) is 3. The number of methoxy groups -OCH3 is 1. The minimum Gasteiger partial charge on any atom is -0.763 e. The molecule has 1 aromatic heterocycles. The Bertz CT molecular complexity index is 824. The number of carbonyl (C=O) groups excluding carboxylic acids is 2. The Kier molecular flexibility index (Phi) is 4.22. The molecule has 0 spiro atoms. The highest BCUT2D eigenvalue weighted by molar-refractivity contribution is 6.28. The van der Waals surface area contributed by atoms with Crippen LogP contribution in [0.15, 0.2) is 60.4 Å². The summed E-state index contributed by atoms with van der Waals surface area (Å²) in [4.78, 5) is 24.8. The fraction of sp³-hybridized carbons (Fsp3) is 0.167. The molecule has 1 amide bonds. The van der Waals surface area contributed by atoms with Crippen molar-refractivity contribution in [1.29, 1.82) is 0 Å². The Labute approximate surface area is 138 Å². The first-order chi connectivity index (χ1) is 11.7. The van der Waals surface area contributed by atoms with Crippen LogP contribution in [0.4, 0.5) is 0 Å². The highest BCUT2D eigenvalue weighted by Gasteiger charge is 2.45. The third-order valence-electron chi connectivity index (χ3n) is 3.99. The SMILES string of the molecule is COc1ccc([C@H]2NC(=O)C(=C=[N-])C(=O)[C@@H]2[n+]2ccccc2)cc1. The molecule has 2 heterocycles. The van der Waals surface area contributed by atoms with Gasteiger partial charge in [0.1, 0.15) is 17.4 Å². The Balaban J connectivity index is 2.08. The maximum absolute atomic E-state index is 12.7. The van der Waals surface area contributed by atoms with E-state index in [0.717, 1.165) is 5.56 Å². The predicted molar refractivity (Wildman–Crippen MR) is 86.4 cm³/mol. The van der Waals surface area contributed by atoms with Crippen LogP contribution in [0, 0.1) is 0 Å². The smallest absolute Gasteiger partial charge is 0.261 e. The molecule has 1 saturated heterocycles. The van der Waals surface area contributed by atoms with E-state index in [-0.39, 0.29) is 5.57 Å². The molecule has 0 aliphatic carbocycles. The van der Waals surface area contributed by atoms with E-state index in [2.05, 4.69) is 5.32 Å². The molecule has 6 heteroatoms. The molecule has 1 fully saturated rings. The van der Waals surface area contributed by atoms with Gasteiger partial charge in [-0.2, -0.15) is 4.57 Å². The Morgan fingerprint density at radius 3 is 2.38 bits per heavy atom. The normalized spacial score (nSPS) is 20.3. The van der Waals surface area contributed by atoms with Crippen molar-refractivity contribution in [2.45, 2.75) is 12.1 Å². The lowest BCUT2D eigenvalue weighted by Gasteiger charge is -2.28. The van der Waals surface area contributed by atoms with Gasteiger partial charge < -0.3 is 15.5 Å². The van der Waals surface area contributed by atoms with Crippen molar-refractivity contribution in [1.82, 2.24) is 5.32 Å². The summed E-state index contributed by atoms with van der Waals surface area (Å²) in [5.41, 5.74) is 0.386. The van der Waals surface area contributed by atoms with Crippen LogP contribution < -0.4 is 14.6 Å². The molecule has 0 radical (unpaired) electrons. The molecule has 0 saturated carbocycles. The Morgan fingerprint density at radius 1 is 1.12 bits per heavy atom. The van der Waals surface area contributed by atoms with Gasteiger partial charge in [0.15, 0.2) is 12.4 Å². The highest BCUT2D eigenvalue weighted by Crippen LogP contribution is 2.30. The van der Waals surface area contributed by atoms with Gasteiger partial charge in [-0.05, 0) is 17.7 Å². The zero-order valence-corrected chi connectivity index (χ0v) is 13.0. The molecule has 1 aromatic carbocycles. The summed E-state index contributed by atoms with van der Waals surface area (Å²) in [5, 5.41) is 11.9. The number of carbonyl (C=O) groups is 2. The van der Waals surface area contributed by atoms with Gasteiger partial charge in [-0.25, -0.2) is 0 Å². The molecule has 1 aliphatic rings. The third kappa shape index (κ3) is 2.71. The summed E-state index contributed by atoms with van der Waals surface area (Å²) < 4.78 is 6.84. The second-order valence-corrected chi connectivity index (χ2v) is 5.34. The molecule has 2 atom stereocenters. The van der Waals surface area contributed by atoms with Gasteiger partial charge in [-0.1, -0.05) is 18.2 Å². The van der Waals surface area contributed by atoms with E-state index in [1.165, 1.54) is 0 Å². The van der Waals surface area contributed by atoms with Crippen LogP contribution in [0.5, 0.6) is 5.75 Å². The van der Waals surface area contributed by atoms with Gasteiger partial charge in [-0.3, -0.25) is 15.5 Å². The van der Waals surface area contributed by atoms with Crippen molar-refractivity contribution in [2.75, 3.05) is 7.11 Å². The van der Waals surface area contributed by atoms with Gasteiger partial charge in [-0.15, -0.1) is 0 Å². The highest BCUT2D eigenvalue weighted by atomic mass is 16.5. The summed E-state index contributed by atoms with van der Waals surface area (Å²) in [6.07, 6.45) is 3.48. The van der Waals surface area contributed by atoms with Crippen LogP contribution in [-0.2, 0) is 9.59 Å². The van der Waals surface area contributed by atoms with Crippen molar-refractivity contribution >= 4 is 17.6 Å². The topological polar surface area (TPSA) is 81.6 Å². The number of benzene rings is 1. The second-order valence-electron chi connectivity index (χ2n) is 5.34. The molecule has 3 rings (SSSR count). The number of nitrogens with zero attached hydrogens (tertiary/aromatic N) is 2. The molecule has 6 nitrogen and oxygen atoms in total. The second kappa shape index (κ2) is 6.48. The van der Waals surface area contributed by atoms with E-state index in [0.29, 0.717) is 5.75 Å². The lowest BCUT2D eigenvalue weighted by atomic mass is 9.88. The molecule has 24 heavy (non-hydrogen) atoms. The van der Waals surface area contributed by atoms with E-state index in [4.69, 9.17) is 10.1 Å². The van der Waals surface area contributed by atoms with Gasteiger partial charge in [0.25, 0.3) is 5.91 Å². The maximum atomic E-state index is 12.7. The molecule has 120 valence electrons. The fourth-order valence-electron chi connectivity index (χ4n) is 2.79. The first kappa shape index (κ1) is 15.6. The minimum absolute atomic E-state index is 0.374.